The van der Waals surface area contributed by atoms with Crippen molar-refractivity contribution in [1.29, 1.82) is 0 Å². The molecule has 1 nitrogen and oxygen atoms in total. The van der Waals surface area contributed by atoms with Crippen molar-refractivity contribution in [3.63, 3.8) is 0 Å². The van der Waals surface area contributed by atoms with Crippen LogP contribution in [0.25, 0.3) is 0 Å². The molecule has 2 rings (SSSR count). The fourth-order valence-corrected chi connectivity index (χ4v) is 3.57. The van der Waals surface area contributed by atoms with Crippen LogP contribution in [0.15, 0.2) is 23.1 Å². The Labute approximate surface area is 102 Å². The van der Waals surface area contributed by atoms with E-state index < -0.39 is 0 Å². The van der Waals surface area contributed by atoms with Gasteiger partial charge in [0.1, 0.15) is 6.29 Å². The lowest BCUT2D eigenvalue weighted by molar-refractivity contribution is 0.112. The number of thioether (sulfide) groups is 1. The second kappa shape index (κ2) is 5.53. The van der Waals surface area contributed by atoms with Gasteiger partial charge in [-0.05, 0) is 37.5 Å². The van der Waals surface area contributed by atoms with Crippen LogP contribution in [0.5, 0.6) is 0 Å². The third-order valence-electron chi connectivity index (χ3n) is 3.22. The molecular formula is C14H18OS. The van der Waals surface area contributed by atoms with Gasteiger partial charge in [0.05, 0.1) is 0 Å². The first-order valence-corrected chi connectivity index (χ1v) is 6.90. The Morgan fingerprint density at radius 3 is 2.62 bits per heavy atom. The lowest BCUT2D eigenvalue weighted by Gasteiger charge is -2.21. The van der Waals surface area contributed by atoms with E-state index >= 15 is 0 Å². The number of hydrogen-bond donors (Lipinski definition) is 0. The standard InChI is InChI=1S/C14H18OS/c1-11-9-14(8-7-12(11)10-15)16-13-5-3-2-4-6-13/h7-10,13H,2-6H2,1H3. The van der Waals surface area contributed by atoms with Crippen LogP contribution < -0.4 is 0 Å². The van der Waals surface area contributed by atoms with Crippen LogP contribution in [-0.2, 0) is 0 Å². The zero-order chi connectivity index (χ0) is 11.4. The van der Waals surface area contributed by atoms with E-state index in [4.69, 9.17) is 0 Å². The van der Waals surface area contributed by atoms with Crippen molar-refractivity contribution in [2.75, 3.05) is 0 Å². The molecule has 0 radical (unpaired) electrons. The minimum atomic E-state index is 0.787. The Balaban J connectivity index is 2.03. The van der Waals surface area contributed by atoms with Gasteiger partial charge in [0.15, 0.2) is 0 Å². The molecule has 1 aromatic rings. The van der Waals surface area contributed by atoms with Gasteiger partial charge in [-0.3, -0.25) is 4.79 Å². The van der Waals surface area contributed by atoms with Crippen LogP contribution in [0.1, 0.15) is 48.0 Å². The number of carbonyl (C=O) groups is 1. The summed E-state index contributed by atoms with van der Waals surface area (Å²) in [4.78, 5) is 12.0. The Kier molecular flexibility index (Phi) is 4.05. The van der Waals surface area contributed by atoms with Crippen molar-refractivity contribution in [3.05, 3.63) is 29.3 Å². The topological polar surface area (TPSA) is 17.1 Å². The highest BCUT2D eigenvalue weighted by molar-refractivity contribution is 8.00. The summed E-state index contributed by atoms with van der Waals surface area (Å²) in [5, 5.41) is 0.787. The Bertz CT molecular complexity index is 367. The third kappa shape index (κ3) is 2.88. The second-order valence-corrected chi connectivity index (χ2v) is 5.89. The van der Waals surface area contributed by atoms with Crippen LogP contribution in [-0.4, -0.2) is 11.5 Å². The van der Waals surface area contributed by atoms with E-state index in [-0.39, 0.29) is 0 Å². The van der Waals surface area contributed by atoms with Crippen molar-refractivity contribution in [1.82, 2.24) is 0 Å². The Morgan fingerprint density at radius 2 is 2.00 bits per heavy atom. The second-order valence-electron chi connectivity index (χ2n) is 4.51. The van der Waals surface area contributed by atoms with Gasteiger partial charge >= 0.3 is 0 Å². The van der Waals surface area contributed by atoms with Gasteiger partial charge in [-0.1, -0.05) is 25.3 Å². The minimum absolute atomic E-state index is 0.787. The first-order chi connectivity index (χ1) is 7.79. The fourth-order valence-electron chi connectivity index (χ4n) is 2.23. The number of benzene rings is 1. The monoisotopic (exact) mass is 234 g/mol. The molecule has 0 amide bonds. The first-order valence-electron chi connectivity index (χ1n) is 6.02. The van der Waals surface area contributed by atoms with E-state index in [1.807, 2.05) is 24.8 Å². The summed E-state index contributed by atoms with van der Waals surface area (Å²) in [5.41, 5.74) is 1.91. The predicted molar refractivity (Wildman–Crippen MR) is 69.3 cm³/mol. The molecule has 1 saturated carbocycles. The molecule has 1 fully saturated rings. The molecule has 2 heteroatoms. The molecule has 0 bridgehead atoms. The van der Waals surface area contributed by atoms with Crippen LogP contribution in [0.2, 0.25) is 0 Å². The van der Waals surface area contributed by atoms with Crippen LogP contribution in [0, 0.1) is 6.92 Å². The average Bonchev–Trinajstić information content (AvgIpc) is 2.31. The van der Waals surface area contributed by atoms with E-state index in [1.54, 1.807) is 0 Å². The molecule has 0 aromatic heterocycles. The quantitative estimate of drug-likeness (QED) is 0.728. The van der Waals surface area contributed by atoms with E-state index in [9.17, 15) is 4.79 Å². The summed E-state index contributed by atoms with van der Waals surface area (Å²) in [6.07, 6.45) is 7.79. The summed E-state index contributed by atoms with van der Waals surface area (Å²) in [7, 11) is 0. The summed E-state index contributed by atoms with van der Waals surface area (Å²) in [5.74, 6) is 0. The highest BCUT2D eigenvalue weighted by Crippen LogP contribution is 2.34. The molecule has 0 heterocycles. The van der Waals surface area contributed by atoms with Crippen LogP contribution >= 0.6 is 11.8 Å². The smallest absolute Gasteiger partial charge is 0.150 e. The maximum absolute atomic E-state index is 10.7. The zero-order valence-corrected chi connectivity index (χ0v) is 10.6. The van der Waals surface area contributed by atoms with Gasteiger partial charge in [-0.15, -0.1) is 11.8 Å². The van der Waals surface area contributed by atoms with E-state index in [1.165, 1.54) is 37.0 Å². The van der Waals surface area contributed by atoms with Crippen LogP contribution in [0.3, 0.4) is 0 Å². The first kappa shape index (κ1) is 11.7. The van der Waals surface area contributed by atoms with Crippen molar-refractivity contribution in [2.24, 2.45) is 0 Å². The molecule has 0 spiro atoms. The van der Waals surface area contributed by atoms with E-state index in [2.05, 4.69) is 12.1 Å². The molecule has 0 N–H and O–H groups in total. The van der Waals surface area contributed by atoms with E-state index in [0.717, 1.165) is 22.7 Å². The minimum Gasteiger partial charge on any atom is -0.298 e. The van der Waals surface area contributed by atoms with Gasteiger partial charge in [0.2, 0.25) is 0 Å². The van der Waals surface area contributed by atoms with E-state index in [0.29, 0.717) is 0 Å². The molecule has 86 valence electrons. The maximum Gasteiger partial charge on any atom is 0.150 e. The Hall–Kier alpha value is -0.760. The molecule has 1 aromatic carbocycles. The zero-order valence-electron chi connectivity index (χ0n) is 9.74. The van der Waals surface area contributed by atoms with Gasteiger partial charge in [0.25, 0.3) is 0 Å². The number of aldehydes is 1. The summed E-state index contributed by atoms with van der Waals surface area (Å²) in [6.45, 7) is 2.01. The summed E-state index contributed by atoms with van der Waals surface area (Å²) >= 11 is 1.98. The van der Waals surface area contributed by atoms with Gasteiger partial charge in [0, 0.05) is 15.7 Å². The van der Waals surface area contributed by atoms with Crippen molar-refractivity contribution < 1.29 is 4.79 Å². The normalized spacial score (nSPS) is 17.3. The lowest BCUT2D eigenvalue weighted by Crippen LogP contribution is -2.07. The molecule has 16 heavy (non-hydrogen) atoms. The SMILES string of the molecule is Cc1cc(SC2CCCCC2)ccc1C=O. The maximum atomic E-state index is 10.7. The number of hydrogen-bond acceptors (Lipinski definition) is 2. The van der Waals surface area contributed by atoms with Crippen molar-refractivity contribution >= 4 is 18.0 Å². The lowest BCUT2D eigenvalue weighted by atomic mass is 10.0. The molecule has 1 aliphatic rings. The molecule has 0 saturated heterocycles. The van der Waals surface area contributed by atoms with Gasteiger partial charge < -0.3 is 0 Å². The highest BCUT2D eigenvalue weighted by Gasteiger charge is 2.14. The largest absolute Gasteiger partial charge is 0.298 e. The molecule has 0 atom stereocenters. The number of aryl methyl sites for hydroxylation is 1. The molecule has 1 aliphatic carbocycles. The number of carbonyl (C=O) groups excluding carboxylic acids is 1. The van der Waals surface area contributed by atoms with Crippen molar-refractivity contribution in [3.8, 4) is 0 Å². The summed E-state index contributed by atoms with van der Waals surface area (Å²) in [6, 6.07) is 6.16. The molecule has 0 unspecified atom stereocenters. The average molecular weight is 234 g/mol. The fraction of sp³-hybridized carbons (Fsp3) is 0.500. The third-order valence-corrected chi connectivity index (χ3v) is 4.55. The van der Waals surface area contributed by atoms with Crippen molar-refractivity contribution in [2.45, 2.75) is 49.2 Å². The van der Waals surface area contributed by atoms with Gasteiger partial charge in [-0.25, -0.2) is 0 Å². The molecule has 0 aliphatic heterocycles. The van der Waals surface area contributed by atoms with Crippen LogP contribution in [0.4, 0.5) is 0 Å². The van der Waals surface area contributed by atoms with Gasteiger partial charge in [-0.2, -0.15) is 0 Å². The number of rotatable bonds is 3. The summed E-state index contributed by atoms with van der Waals surface area (Å²) < 4.78 is 0. The predicted octanol–water partition coefficient (Wildman–Crippen LogP) is 4.23. The molecular weight excluding hydrogens is 216 g/mol. The highest BCUT2D eigenvalue weighted by atomic mass is 32.2. The Morgan fingerprint density at radius 1 is 1.25 bits per heavy atom.